The summed E-state index contributed by atoms with van der Waals surface area (Å²) < 4.78 is 25.3. The maximum Gasteiger partial charge on any atom is 0.159 e. The van der Waals surface area contributed by atoms with Crippen LogP contribution in [0.5, 0.6) is 0 Å². The maximum absolute atomic E-state index is 12.8. The van der Waals surface area contributed by atoms with E-state index in [1.54, 1.807) is 6.92 Å². The molecule has 0 aliphatic carbocycles. The fraction of sp³-hybridized carbons (Fsp3) is 0.400. The highest BCUT2D eigenvalue weighted by Crippen LogP contribution is 2.26. The predicted molar refractivity (Wildman–Crippen MR) is 53.4 cm³/mol. The average Bonchev–Trinajstić information content (AvgIpc) is 2.11. The maximum atomic E-state index is 12.8. The van der Waals surface area contributed by atoms with E-state index in [1.807, 2.05) is 6.92 Å². The quantitative estimate of drug-likeness (QED) is 0.787. The molecule has 2 atom stereocenters. The van der Waals surface area contributed by atoms with Crippen molar-refractivity contribution in [1.82, 2.24) is 0 Å². The number of thioether (sulfide) groups is 1. The molecule has 0 saturated carbocycles. The standard InChI is InChI=1S/C10H12F2OS/c1-6(13)7(2)14-8-3-4-9(11)10(12)5-8/h3-7,13H,1-2H3. The average molecular weight is 218 g/mol. The van der Waals surface area contributed by atoms with Gasteiger partial charge in [-0.2, -0.15) is 0 Å². The highest BCUT2D eigenvalue weighted by atomic mass is 32.2. The Bertz CT molecular complexity index is 315. The van der Waals surface area contributed by atoms with Crippen LogP contribution in [0.1, 0.15) is 13.8 Å². The third-order valence-corrected chi connectivity index (χ3v) is 3.18. The predicted octanol–water partition coefficient (Wildman–Crippen LogP) is 2.83. The number of aliphatic hydroxyl groups excluding tert-OH is 1. The first-order valence-corrected chi connectivity index (χ1v) is 5.18. The minimum absolute atomic E-state index is 0.0418. The second-order valence-electron chi connectivity index (χ2n) is 3.14. The molecule has 1 aromatic rings. The van der Waals surface area contributed by atoms with Gasteiger partial charge in [-0.05, 0) is 25.1 Å². The van der Waals surface area contributed by atoms with Gasteiger partial charge >= 0.3 is 0 Å². The third kappa shape index (κ3) is 2.96. The first kappa shape index (κ1) is 11.5. The molecule has 2 unspecified atom stereocenters. The van der Waals surface area contributed by atoms with Crippen LogP contribution in [0.2, 0.25) is 0 Å². The van der Waals surface area contributed by atoms with Crippen LogP contribution in [0.15, 0.2) is 23.1 Å². The fourth-order valence-corrected chi connectivity index (χ4v) is 1.81. The van der Waals surface area contributed by atoms with Gasteiger partial charge in [0.2, 0.25) is 0 Å². The van der Waals surface area contributed by atoms with Crippen molar-refractivity contribution < 1.29 is 13.9 Å². The molecule has 0 heterocycles. The van der Waals surface area contributed by atoms with E-state index >= 15 is 0 Å². The van der Waals surface area contributed by atoms with Gasteiger partial charge < -0.3 is 5.11 Å². The summed E-state index contributed by atoms with van der Waals surface area (Å²) in [5.74, 6) is -1.70. The van der Waals surface area contributed by atoms with Gasteiger partial charge in [-0.25, -0.2) is 8.78 Å². The van der Waals surface area contributed by atoms with Crippen LogP contribution in [0.4, 0.5) is 8.78 Å². The van der Waals surface area contributed by atoms with Gasteiger partial charge in [-0.3, -0.25) is 0 Å². The van der Waals surface area contributed by atoms with Crippen molar-refractivity contribution in [3.63, 3.8) is 0 Å². The Morgan fingerprint density at radius 3 is 2.36 bits per heavy atom. The number of benzene rings is 1. The highest BCUT2D eigenvalue weighted by Gasteiger charge is 2.11. The van der Waals surface area contributed by atoms with Crippen molar-refractivity contribution in [2.75, 3.05) is 0 Å². The molecule has 78 valence electrons. The molecule has 1 aromatic carbocycles. The van der Waals surface area contributed by atoms with Gasteiger partial charge in [0.25, 0.3) is 0 Å². The van der Waals surface area contributed by atoms with Crippen LogP contribution in [0, 0.1) is 11.6 Å². The normalized spacial score (nSPS) is 15.2. The van der Waals surface area contributed by atoms with Crippen molar-refractivity contribution in [1.29, 1.82) is 0 Å². The lowest BCUT2D eigenvalue weighted by molar-refractivity contribution is 0.196. The molecule has 0 fully saturated rings. The first-order valence-electron chi connectivity index (χ1n) is 4.30. The number of hydrogen-bond acceptors (Lipinski definition) is 2. The molecule has 1 N–H and O–H groups in total. The van der Waals surface area contributed by atoms with Gasteiger partial charge in [0.15, 0.2) is 11.6 Å². The number of hydrogen-bond donors (Lipinski definition) is 1. The lowest BCUT2D eigenvalue weighted by atomic mass is 10.3. The van der Waals surface area contributed by atoms with Gasteiger partial charge in [0.1, 0.15) is 0 Å². The first-order chi connectivity index (χ1) is 6.50. The zero-order valence-electron chi connectivity index (χ0n) is 8.00. The van der Waals surface area contributed by atoms with Crippen LogP contribution < -0.4 is 0 Å². The summed E-state index contributed by atoms with van der Waals surface area (Å²) in [6.45, 7) is 3.49. The Labute approximate surface area is 86.1 Å². The van der Waals surface area contributed by atoms with E-state index < -0.39 is 17.7 Å². The second-order valence-corrected chi connectivity index (χ2v) is 4.59. The van der Waals surface area contributed by atoms with E-state index in [1.165, 1.54) is 17.8 Å². The van der Waals surface area contributed by atoms with Crippen LogP contribution in [-0.2, 0) is 0 Å². The monoisotopic (exact) mass is 218 g/mol. The Kier molecular flexibility index (Phi) is 3.89. The Morgan fingerprint density at radius 1 is 1.21 bits per heavy atom. The number of aliphatic hydroxyl groups is 1. The topological polar surface area (TPSA) is 20.2 Å². The van der Waals surface area contributed by atoms with Crippen molar-refractivity contribution in [3.05, 3.63) is 29.8 Å². The van der Waals surface area contributed by atoms with Gasteiger partial charge in [-0.15, -0.1) is 11.8 Å². The zero-order chi connectivity index (χ0) is 10.7. The number of halogens is 2. The SMILES string of the molecule is CC(O)C(C)Sc1ccc(F)c(F)c1. The molecule has 0 amide bonds. The smallest absolute Gasteiger partial charge is 0.159 e. The van der Waals surface area contributed by atoms with Crippen LogP contribution in [-0.4, -0.2) is 16.5 Å². The summed E-state index contributed by atoms with van der Waals surface area (Å²) in [7, 11) is 0. The van der Waals surface area contributed by atoms with Gasteiger partial charge in [-0.1, -0.05) is 6.92 Å². The van der Waals surface area contributed by atoms with Crippen LogP contribution in [0.25, 0.3) is 0 Å². The highest BCUT2D eigenvalue weighted by molar-refractivity contribution is 8.00. The zero-order valence-corrected chi connectivity index (χ0v) is 8.81. The van der Waals surface area contributed by atoms with E-state index in [4.69, 9.17) is 0 Å². The molecule has 0 saturated heterocycles. The lowest BCUT2D eigenvalue weighted by Crippen LogP contribution is -2.14. The van der Waals surface area contributed by atoms with Crippen LogP contribution >= 0.6 is 11.8 Å². The third-order valence-electron chi connectivity index (χ3n) is 1.89. The van der Waals surface area contributed by atoms with Gasteiger partial charge in [0.05, 0.1) is 6.10 Å². The minimum atomic E-state index is -0.854. The molecule has 0 aromatic heterocycles. The lowest BCUT2D eigenvalue weighted by Gasteiger charge is -2.13. The molecule has 0 spiro atoms. The summed E-state index contributed by atoms with van der Waals surface area (Å²) in [6, 6.07) is 3.73. The molecule has 0 aliphatic heterocycles. The summed E-state index contributed by atoms with van der Waals surface area (Å²) in [5.41, 5.74) is 0. The molecule has 0 radical (unpaired) electrons. The molecule has 1 nitrogen and oxygen atoms in total. The van der Waals surface area contributed by atoms with Crippen LogP contribution in [0.3, 0.4) is 0 Å². The molecular weight excluding hydrogens is 206 g/mol. The van der Waals surface area contributed by atoms with Crippen molar-refractivity contribution in [3.8, 4) is 0 Å². The van der Waals surface area contributed by atoms with E-state index in [0.717, 1.165) is 12.1 Å². The Hall–Kier alpha value is -0.610. The minimum Gasteiger partial charge on any atom is -0.392 e. The number of rotatable bonds is 3. The largest absolute Gasteiger partial charge is 0.392 e. The Balaban J connectivity index is 2.73. The summed E-state index contributed by atoms with van der Waals surface area (Å²) >= 11 is 1.32. The molecule has 4 heteroatoms. The molecule has 14 heavy (non-hydrogen) atoms. The molecule has 1 rings (SSSR count). The van der Waals surface area contributed by atoms with Crippen molar-refractivity contribution >= 4 is 11.8 Å². The second kappa shape index (κ2) is 4.75. The summed E-state index contributed by atoms with van der Waals surface area (Å²) in [4.78, 5) is 0.623. The molecule has 0 bridgehead atoms. The van der Waals surface area contributed by atoms with E-state index in [9.17, 15) is 13.9 Å². The summed E-state index contributed by atoms with van der Waals surface area (Å²) in [5, 5.41) is 9.18. The van der Waals surface area contributed by atoms with E-state index in [2.05, 4.69) is 0 Å². The summed E-state index contributed by atoms with van der Waals surface area (Å²) in [6.07, 6.45) is -0.479. The van der Waals surface area contributed by atoms with E-state index in [-0.39, 0.29) is 5.25 Å². The van der Waals surface area contributed by atoms with Crippen molar-refractivity contribution in [2.24, 2.45) is 0 Å². The van der Waals surface area contributed by atoms with Gasteiger partial charge in [0, 0.05) is 10.1 Å². The molecule has 0 aliphatic rings. The van der Waals surface area contributed by atoms with Crippen molar-refractivity contribution in [2.45, 2.75) is 30.1 Å². The molecular formula is C10H12F2OS. The van der Waals surface area contributed by atoms with E-state index in [0.29, 0.717) is 4.90 Å². The fourth-order valence-electron chi connectivity index (χ4n) is 0.863. The Morgan fingerprint density at radius 2 is 1.86 bits per heavy atom.